The van der Waals surface area contributed by atoms with Crippen LogP contribution in [0.25, 0.3) is 10.8 Å². The van der Waals surface area contributed by atoms with Gasteiger partial charge >= 0.3 is 0 Å². The second-order valence-electron chi connectivity index (χ2n) is 2.97. The van der Waals surface area contributed by atoms with E-state index in [1.165, 1.54) is 0 Å². The average Bonchev–Trinajstić information content (AvgIpc) is 2.27. The molecule has 2 aromatic rings. The van der Waals surface area contributed by atoms with E-state index in [-0.39, 0.29) is 0 Å². The van der Waals surface area contributed by atoms with Crippen LogP contribution in [0.15, 0.2) is 36.4 Å². The van der Waals surface area contributed by atoms with Gasteiger partial charge in [0.15, 0.2) is 6.29 Å². The number of aldehydes is 1. The van der Waals surface area contributed by atoms with Gasteiger partial charge in [-0.3, -0.25) is 9.59 Å². The van der Waals surface area contributed by atoms with Gasteiger partial charge in [-0.1, -0.05) is 36.4 Å². The average molecular weight is 183 g/mol. The number of fused-ring (bicyclic) bond motifs is 1. The zero-order valence-corrected chi connectivity index (χ0v) is 7.36. The molecule has 1 radical (unpaired) electrons. The Morgan fingerprint density at radius 1 is 1.07 bits per heavy atom. The molecule has 0 bridgehead atoms. The third kappa shape index (κ3) is 1.21. The number of benzene rings is 2. The summed E-state index contributed by atoms with van der Waals surface area (Å²) in [7, 11) is 0. The van der Waals surface area contributed by atoms with Crippen molar-refractivity contribution in [3.8, 4) is 0 Å². The lowest BCUT2D eigenvalue weighted by Crippen LogP contribution is -1.92. The highest BCUT2D eigenvalue weighted by molar-refractivity contribution is 6.04. The largest absolute Gasteiger partial charge is 0.298 e. The second kappa shape index (κ2) is 3.42. The third-order valence-corrected chi connectivity index (χ3v) is 2.19. The van der Waals surface area contributed by atoms with Crippen LogP contribution in [0.4, 0.5) is 0 Å². The van der Waals surface area contributed by atoms with Crippen molar-refractivity contribution >= 4 is 23.3 Å². The monoisotopic (exact) mass is 183 g/mol. The van der Waals surface area contributed by atoms with Crippen molar-refractivity contribution in [1.82, 2.24) is 0 Å². The van der Waals surface area contributed by atoms with Crippen LogP contribution < -0.4 is 0 Å². The van der Waals surface area contributed by atoms with Crippen LogP contribution in [0.1, 0.15) is 15.9 Å². The van der Waals surface area contributed by atoms with Crippen LogP contribution >= 0.6 is 0 Å². The maximum Gasteiger partial charge on any atom is 0.234 e. The minimum Gasteiger partial charge on any atom is -0.298 e. The number of rotatable bonds is 2. The Morgan fingerprint density at radius 3 is 2.57 bits per heavy atom. The number of carbonyl (C=O) groups excluding carboxylic acids is 2. The van der Waals surface area contributed by atoms with Crippen molar-refractivity contribution in [2.45, 2.75) is 0 Å². The van der Waals surface area contributed by atoms with E-state index in [2.05, 4.69) is 0 Å². The summed E-state index contributed by atoms with van der Waals surface area (Å²) < 4.78 is 0. The minimum atomic E-state index is 0.345. The van der Waals surface area contributed by atoms with E-state index in [1.54, 1.807) is 6.07 Å². The molecule has 0 N–H and O–H groups in total. The molecule has 0 aromatic heterocycles. The first-order valence-electron chi connectivity index (χ1n) is 4.22. The Morgan fingerprint density at radius 2 is 1.86 bits per heavy atom. The molecule has 2 nitrogen and oxygen atoms in total. The van der Waals surface area contributed by atoms with Gasteiger partial charge in [0.2, 0.25) is 6.29 Å². The summed E-state index contributed by atoms with van der Waals surface area (Å²) in [4.78, 5) is 21.4. The lowest BCUT2D eigenvalue weighted by atomic mass is 10.0. The van der Waals surface area contributed by atoms with Crippen LogP contribution in [0, 0.1) is 0 Å². The van der Waals surface area contributed by atoms with E-state index in [1.807, 2.05) is 36.6 Å². The normalized spacial score (nSPS) is 10.0. The molecule has 2 aromatic carbocycles. The Labute approximate surface area is 81.2 Å². The quantitative estimate of drug-likeness (QED) is 0.668. The van der Waals surface area contributed by atoms with Gasteiger partial charge in [0.05, 0.1) is 0 Å². The maximum absolute atomic E-state index is 10.7. The fourth-order valence-electron chi connectivity index (χ4n) is 1.50. The zero-order chi connectivity index (χ0) is 9.97. The van der Waals surface area contributed by atoms with Gasteiger partial charge in [-0.2, -0.15) is 0 Å². The second-order valence-corrected chi connectivity index (χ2v) is 2.97. The van der Waals surface area contributed by atoms with Gasteiger partial charge in [0, 0.05) is 11.1 Å². The summed E-state index contributed by atoms with van der Waals surface area (Å²) in [5.41, 5.74) is 0.733. The third-order valence-electron chi connectivity index (χ3n) is 2.19. The Kier molecular flexibility index (Phi) is 2.11. The first kappa shape index (κ1) is 8.63. The van der Waals surface area contributed by atoms with E-state index in [0.717, 1.165) is 10.8 Å². The molecule has 14 heavy (non-hydrogen) atoms. The van der Waals surface area contributed by atoms with E-state index in [9.17, 15) is 9.59 Å². The fraction of sp³-hybridized carbons (Fsp3) is 0. The summed E-state index contributed by atoms with van der Waals surface area (Å²) in [5, 5.41) is 1.71. The molecule has 0 aliphatic carbocycles. The molecule has 0 aliphatic rings. The molecule has 0 fully saturated rings. The standard InChI is InChI=1S/C12H7O2/c13-7-10-6-5-9-3-1-2-4-11(9)12(10)8-14/h1-7H. The molecule has 0 unspecified atom stereocenters. The summed E-state index contributed by atoms with van der Waals surface area (Å²) in [5.74, 6) is 0. The summed E-state index contributed by atoms with van der Waals surface area (Å²) in [6, 6.07) is 10.9. The van der Waals surface area contributed by atoms with Crippen LogP contribution in [0.2, 0.25) is 0 Å². The molecular formula is C12H7O2. The van der Waals surface area contributed by atoms with E-state index < -0.39 is 0 Å². The molecule has 0 amide bonds. The molecule has 0 atom stereocenters. The van der Waals surface area contributed by atoms with Gasteiger partial charge < -0.3 is 0 Å². The number of hydrogen-bond donors (Lipinski definition) is 0. The number of hydrogen-bond acceptors (Lipinski definition) is 2. The van der Waals surface area contributed by atoms with Crippen molar-refractivity contribution in [3.05, 3.63) is 47.5 Å². The van der Waals surface area contributed by atoms with E-state index >= 15 is 0 Å². The molecule has 0 aliphatic heterocycles. The predicted octanol–water partition coefficient (Wildman–Crippen LogP) is 2.11. The van der Waals surface area contributed by atoms with E-state index in [0.29, 0.717) is 17.4 Å². The molecule has 2 heteroatoms. The lowest BCUT2D eigenvalue weighted by Gasteiger charge is -2.01. The number of carbonyl (C=O) groups is 1. The van der Waals surface area contributed by atoms with Gasteiger partial charge in [-0.05, 0) is 10.8 Å². The summed E-state index contributed by atoms with van der Waals surface area (Å²) in [6.07, 6.45) is 2.48. The molecule has 67 valence electrons. The van der Waals surface area contributed by atoms with E-state index in [4.69, 9.17) is 0 Å². The molecule has 0 heterocycles. The van der Waals surface area contributed by atoms with Crippen molar-refractivity contribution in [3.63, 3.8) is 0 Å². The highest BCUT2D eigenvalue weighted by Gasteiger charge is 2.05. The van der Waals surface area contributed by atoms with Crippen molar-refractivity contribution in [1.29, 1.82) is 0 Å². The van der Waals surface area contributed by atoms with Gasteiger partial charge in [-0.25, -0.2) is 0 Å². The Balaban J connectivity index is 2.90. The summed E-state index contributed by atoms with van der Waals surface area (Å²) in [6.45, 7) is 0. The molecule has 0 spiro atoms. The van der Waals surface area contributed by atoms with Gasteiger partial charge in [0.25, 0.3) is 0 Å². The van der Waals surface area contributed by atoms with Crippen LogP contribution in [0.5, 0.6) is 0 Å². The lowest BCUT2D eigenvalue weighted by molar-refractivity contribution is 0.112. The zero-order valence-electron chi connectivity index (χ0n) is 7.36. The van der Waals surface area contributed by atoms with Gasteiger partial charge in [-0.15, -0.1) is 0 Å². The molecule has 2 rings (SSSR count). The smallest absolute Gasteiger partial charge is 0.234 e. The highest BCUT2D eigenvalue weighted by Crippen LogP contribution is 2.19. The van der Waals surface area contributed by atoms with Crippen LogP contribution in [0.3, 0.4) is 0 Å². The maximum atomic E-state index is 10.7. The highest BCUT2D eigenvalue weighted by atomic mass is 16.1. The van der Waals surface area contributed by atoms with Crippen molar-refractivity contribution in [2.24, 2.45) is 0 Å². The van der Waals surface area contributed by atoms with Crippen molar-refractivity contribution in [2.75, 3.05) is 0 Å². The minimum absolute atomic E-state index is 0.345. The molecular weight excluding hydrogens is 176 g/mol. The first-order valence-corrected chi connectivity index (χ1v) is 4.22. The van der Waals surface area contributed by atoms with Gasteiger partial charge in [0.1, 0.15) is 0 Å². The molecule has 0 saturated carbocycles. The fourth-order valence-corrected chi connectivity index (χ4v) is 1.50. The Hall–Kier alpha value is -1.96. The summed E-state index contributed by atoms with van der Waals surface area (Å²) >= 11 is 0. The van der Waals surface area contributed by atoms with Crippen LogP contribution in [-0.4, -0.2) is 12.6 Å². The predicted molar refractivity (Wildman–Crippen MR) is 54.1 cm³/mol. The SMILES string of the molecule is O=[C]c1c(C=O)ccc2ccccc12. The molecule has 0 saturated heterocycles. The first-order chi connectivity index (χ1) is 6.86. The van der Waals surface area contributed by atoms with Crippen molar-refractivity contribution < 1.29 is 9.59 Å². The van der Waals surface area contributed by atoms with Crippen LogP contribution in [-0.2, 0) is 4.79 Å². The topological polar surface area (TPSA) is 34.1 Å². The Bertz CT molecular complexity index is 501.